The molecule has 0 spiro atoms. The number of fused-ring (bicyclic) bond motifs is 1. The fourth-order valence-electron chi connectivity index (χ4n) is 3.41. The van der Waals surface area contributed by atoms with Crippen LogP contribution < -0.4 is 21.5 Å². The van der Waals surface area contributed by atoms with Gasteiger partial charge in [-0.05, 0) is 30.7 Å². The van der Waals surface area contributed by atoms with Gasteiger partial charge in [-0.3, -0.25) is 10.2 Å². The highest BCUT2D eigenvalue weighted by Gasteiger charge is 2.41. The Morgan fingerprint density at radius 3 is 2.76 bits per heavy atom. The molecule has 3 rings (SSSR count). The summed E-state index contributed by atoms with van der Waals surface area (Å²) >= 11 is 12.1. The minimum absolute atomic E-state index is 0. The Morgan fingerprint density at radius 1 is 1.28 bits per heavy atom. The van der Waals surface area contributed by atoms with Gasteiger partial charge < -0.3 is 10.6 Å². The van der Waals surface area contributed by atoms with Gasteiger partial charge in [0.15, 0.2) is 0 Å². The maximum atomic E-state index is 12.6. The van der Waals surface area contributed by atoms with Crippen LogP contribution in [0.2, 0.25) is 10.0 Å². The van der Waals surface area contributed by atoms with Crippen LogP contribution >= 0.6 is 35.6 Å². The van der Waals surface area contributed by atoms with Gasteiger partial charge in [-0.25, -0.2) is 5.43 Å². The molecule has 1 aromatic rings. The summed E-state index contributed by atoms with van der Waals surface area (Å²) in [5, 5.41) is 7.52. The molecule has 4 N–H and O–H groups in total. The Kier molecular flexibility index (Phi) is 6.99. The van der Waals surface area contributed by atoms with Gasteiger partial charge in [0.2, 0.25) is 5.91 Å². The van der Waals surface area contributed by atoms with E-state index in [0.717, 1.165) is 25.1 Å². The largest absolute Gasteiger partial charge is 0.354 e. The molecule has 0 aliphatic carbocycles. The smallest absolute Gasteiger partial charge is 0.238 e. The van der Waals surface area contributed by atoms with E-state index in [1.165, 1.54) is 0 Å². The van der Waals surface area contributed by atoms with Crippen LogP contribution in [0.3, 0.4) is 0 Å². The molecule has 0 radical (unpaired) electrons. The molecule has 2 aliphatic rings. The van der Waals surface area contributed by atoms with Gasteiger partial charge >= 0.3 is 0 Å². The van der Waals surface area contributed by atoms with Crippen LogP contribution in [0.4, 0.5) is 0 Å². The van der Waals surface area contributed by atoms with Crippen molar-refractivity contribution in [2.75, 3.05) is 19.6 Å². The van der Waals surface area contributed by atoms with Crippen molar-refractivity contribution in [3.63, 3.8) is 0 Å². The predicted octanol–water partition coefficient (Wildman–Crippen LogP) is 2.26. The second-order valence-electron chi connectivity index (χ2n) is 7.26. The van der Waals surface area contributed by atoms with E-state index in [9.17, 15) is 4.79 Å². The van der Waals surface area contributed by atoms with Gasteiger partial charge in [0, 0.05) is 30.5 Å². The molecule has 5 nitrogen and oxygen atoms in total. The third-order valence-electron chi connectivity index (χ3n) is 5.07. The molecule has 140 valence electrons. The minimum Gasteiger partial charge on any atom is -0.354 e. The summed E-state index contributed by atoms with van der Waals surface area (Å²) in [6.07, 6.45) is 1.04. The molecule has 3 atom stereocenters. The molecule has 0 aromatic heterocycles. The van der Waals surface area contributed by atoms with Crippen molar-refractivity contribution in [1.82, 2.24) is 21.5 Å². The number of hydrogen-bond donors (Lipinski definition) is 4. The van der Waals surface area contributed by atoms with Gasteiger partial charge in [-0.2, -0.15) is 0 Å². The number of benzene rings is 1. The number of nitrogens with one attached hydrogen (secondary N) is 4. The molecule has 0 bridgehead atoms. The van der Waals surface area contributed by atoms with E-state index in [1.807, 2.05) is 12.1 Å². The topological polar surface area (TPSA) is 65.2 Å². The molecule has 1 aromatic carbocycles. The predicted molar refractivity (Wildman–Crippen MR) is 105 cm³/mol. The summed E-state index contributed by atoms with van der Waals surface area (Å²) in [5.74, 6) is 0.318. The van der Waals surface area contributed by atoms with Gasteiger partial charge in [-0.1, -0.05) is 43.1 Å². The summed E-state index contributed by atoms with van der Waals surface area (Å²) in [4.78, 5) is 12.6. The molecule has 8 heteroatoms. The number of carbonyl (C=O) groups is 1. The molecule has 2 saturated heterocycles. The first-order valence-electron chi connectivity index (χ1n) is 8.33. The molecule has 0 saturated carbocycles. The van der Waals surface area contributed by atoms with E-state index in [4.69, 9.17) is 23.2 Å². The van der Waals surface area contributed by atoms with Crippen LogP contribution in [0, 0.1) is 5.92 Å². The van der Waals surface area contributed by atoms with Crippen molar-refractivity contribution in [1.29, 1.82) is 0 Å². The van der Waals surface area contributed by atoms with E-state index in [-0.39, 0.29) is 35.7 Å². The molecule has 2 heterocycles. The van der Waals surface area contributed by atoms with Crippen molar-refractivity contribution in [3.8, 4) is 0 Å². The van der Waals surface area contributed by atoms with E-state index in [0.29, 0.717) is 22.6 Å². The molecular weight excluding hydrogens is 383 g/mol. The highest BCUT2D eigenvalue weighted by Crippen LogP contribution is 2.29. The van der Waals surface area contributed by atoms with Gasteiger partial charge in [0.05, 0.1) is 10.0 Å². The van der Waals surface area contributed by atoms with E-state index in [1.54, 1.807) is 6.07 Å². The first-order chi connectivity index (χ1) is 11.4. The molecule has 3 unspecified atom stereocenters. The highest BCUT2D eigenvalue weighted by atomic mass is 35.5. The zero-order valence-electron chi connectivity index (χ0n) is 14.4. The zero-order valence-corrected chi connectivity index (χ0v) is 16.7. The highest BCUT2D eigenvalue weighted by molar-refractivity contribution is 6.42. The monoisotopic (exact) mass is 406 g/mol. The molecule has 1 amide bonds. The molecular formula is C17H25Cl3N4O. The third kappa shape index (κ3) is 4.59. The van der Waals surface area contributed by atoms with Crippen LogP contribution in [0.25, 0.3) is 0 Å². The van der Waals surface area contributed by atoms with Crippen molar-refractivity contribution >= 4 is 41.5 Å². The average Bonchev–Trinajstić information content (AvgIpc) is 2.99. The van der Waals surface area contributed by atoms with Crippen LogP contribution in [0.15, 0.2) is 18.2 Å². The van der Waals surface area contributed by atoms with Crippen molar-refractivity contribution in [2.24, 2.45) is 5.92 Å². The summed E-state index contributed by atoms with van der Waals surface area (Å²) in [6, 6.07) is 5.78. The number of hydrogen-bond acceptors (Lipinski definition) is 4. The lowest BCUT2D eigenvalue weighted by Gasteiger charge is -2.29. The first-order valence-corrected chi connectivity index (χ1v) is 9.09. The lowest BCUT2D eigenvalue weighted by Crippen LogP contribution is -2.51. The lowest BCUT2D eigenvalue weighted by atomic mass is 9.84. The quantitative estimate of drug-likeness (QED) is 0.618. The van der Waals surface area contributed by atoms with Crippen molar-refractivity contribution < 1.29 is 4.79 Å². The SMILES string of the molecule is CC(C)(CNC(=O)C1NNC2CCNCC21)c1ccc(Cl)c(Cl)c1.Cl. The minimum atomic E-state index is -0.236. The van der Waals surface area contributed by atoms with E-state index >= 15 is 0 Å². The third-order valence-corrected chi connectivity index (χ3v) is 5.81. The summed E-state index contributed by atoms with van der Waals surface area (Å²) in [7, 11) is 0. The number of rotatable bonds is 4. The van der Waals surface area contributed by atoms with Crippen LogP contribution in [-0.2, 0) is 10.2 Å². The summed E-state index contributed by atoms with van der Waals surface area (Å²) in [6.45, 7) is 6.55. The molecule has 2 aliphatic heterocycles. The van der Waals surface area contributed by atoms with Crippen molar-refractivity contribution in [2.45, 2.75) is 37.8 Å². The lowest BCUT2D eigenvalue weighted by molar-refractivity contribution is -0.124. The second kappa shape index (κ2) is 8.42. The van der Waals surface area contributed by atoms with Crippen LogP contribution in [-0.4, -0.2) is 37.6 Å². The zero-order chi connectivity index (χ0) is 17.3. The Morgan fingerprint density at radius 2 is 2.04 bits per heavy atom. The number of carbonyl (C=O) groups excluding carboxylic acids is 1. The normalized spacial score (nSPS) is 25.8. The van der Waals surface area contributed by atoms with E-state index in [2.05, 4.69) is 35.3 Å². The van der Waals surface area contributed by atoms with E-state index < -0.39 is 0 Å². The number of halogens is 3. The van der Waals surface area contributed by atoms with Crippen LogP contribution in [0.1, 0.15) is 25.8 Å². The summed E-state index contributed by atoms with van der Waals surface area (Å²) < 4.78 is 0. The Bertz CT molecular complexity index is 626. The van der Waals surface area contributed by atoms with Gasteiger partial charge in [0.1, 0.15) is 6.04 Å². The number of piperidine rings is 1. The fraction of sp³-hybridized carbons (Fsp3) is 0.588. The molecule has 2 fully saturated rings. The van der Waals surface area contributed by atoms with Gasteiger partial charge in [0.25, 0.3) is 0 Å². The molecule has 25 heavy (non-hydrogen) atoms. The second-order valence-corrected chi connectivity index (χ2v) is 8.07. The summed E-state index contributed by atoms with van der Waals surface area (Å²) in [5.41, 5.74) is 7.21. The maximum Gasteiger partial charge on any atom is 0.238 e. The van der Waals surface area contributed by atoms with Crippen molar-refractivity contribution in [3.05, 3.63) is 33.8 Å². The number of amides is 1. The number of hydrazine groups is 1. The van der Waals surface area contributed by atoms with Gasteiger partial charge in [-0.15, -0.1) is 12.4 Å². The fourth-order valence-corrected chi connectivity index (χ4v) is 3.71. The first kappa shape index (κ1) is 20.7. The average molecular weight is 408 g/mol. The standard InChI is InChI=1S/C17H24Cl2N4O.ClH/c1-17(2,10-3-4-12(18)13(19)7-10)9-21-16(24)15-11-8-20-6-5-14(11)22-23-15;/h3-4,7,11,14-15,20,22-23H,5-6,8-9H2,1-2H3,(H,21,24);1H. The Hall–Kier alpha value is -0.560. The van der Waals surface area contributed by atoms with Crippen LogP contribution in [0.5, 0.6) is 0 Å². The Labute approximate surface area is 165 Å². The maximum absolute atomic E-state index is 12.6. The Balaban J connectivity index is 0.00000225.